The Hall–Kier alpha value is -2.19. The van der Waals surface area contributed by atoms with Crippen LogP contribution in [-0.4, -0.2) is 44.7 Å². The van der Waals surface area contributed by atoms with Crippen LogP contribution in [0.4, 0.5) is 0 Å². The maximum absolute atomic E-state index is 10.5. The number of hydrogen-bond acceptors (Lipinski definition) is 6. The third-order valence-electron chi connectivity index (χ3n) is 4.67. The first-order chi connectivity index (χ1) is 15.0. The number of thioether (sulfide) groups is 1. The lowest BCUT2D eigenvalue weighted by Gasteiger charge is -2.15. The van der Waals surface area contributed by atoms with Gasteiger partial charge in [-0.05, 0) is 48.9 Å². The van der Waals surface area contributed by atoms with Crippen LogP contribution in [0.1, 0.15) is 44.1 Å². The van der Waals surface area contributed by atoms with E-state index < -0.39 is 11.9 Å². The smallest absolute Gasteiger partial charge is 0.304 e. The predicted octanol–water partition coefficient (Wildman–Crippen LogP) is 5.17. The number of thiol groups is 1. The molecule has 0 bridgehead atoms. The molecule has 0 radical (unpaired) electrons. The number of rotatable bonds is 10. The van der Waals surface area contributed by atoms with E-state index >= 15 is 0 Å². The van der Waals surface area contributed by atoms with E-state index in [1.807, 2.05) is 12.1 Å². The van der Waals surface area contributed by atoms with E-state index in [4.69, 9.17) is 14.9 Å². The van der Waals surface area contributed by atoms with Gasteiger partial charge in [0.15, 0.2) is 0 Å². The number of ether oxygens (including phenoxy) is 1. The molecule has 0 amide bonds. The predicted molar refractivity (Wildman–Crippen MR) is 127 cm³/mol. The second-order valence-corrected chi connectivity index (χ2v) is 8.69. The molecule has 8 heteroatoms. The summed E-state index contributed by atoms with van der Waals surface area (Å²) in [6.45, 7) is 0. The number of benzene rings is 1. The van der Waals surface area contributed by atoms with Crippen LogP contribution in [0.15, 0.2) is 42.6 Å². The highest BCUT2D eigenvalue weighted by Crippen LogP contribution is 2.31. The molecule has 2 N–H and O–H groups in total. The van der Waals surface area contributed by atoms with Crippen molar-refractivity contribution in [2.45, 2.75) is 50.4 Å². The number of carbonyl (C=O) groups is 2. The average Bonchev–Trinajstić information content (AvgIpc) is 3.25. The molecule has 3 rings (SSSR count). The van der Waals surface area contributed by atoms with E-state index in [1.165, 1.54) is 18.4 Å². The highest BCUT2D eigenvalue weighted by atomic mass is 32.2. The third kappa shape index (κ3) is 9.65. The lowest BCUT2D eigenvalue weighted by molar-refractivity contribution is -0.137. The molecule has 0 atom stereocenters. The lowest BCUT2D eigenvalue weighted by atomic mass is 10.1. The Kier molecular flexibility index (Phi) is 11.3. The number of aromatic nitrogens is 1. The summed E-state index contributed by atoms with van der Waals surface area (Å²) in [5.41, 5.74) is 3.32. The average molecular weight is 464 g/mol. The van der Waals surface area contributed by atoms with Crippen molar-refractivity contribution in [2.24, 2.45) is 0 Å². The normalized spacial score (nSPS) is 13.3. The molecule has 1 aliphatic carbocycles. The Morgan fingerprint density at radius 1 is 1.06 bits per heavy atom. The Morgan fingerprint density at radius 2 is 1.74 bits per heavy atom. The summed E-state index contributed by atoms with van der Waals surface area (Å²) in [4.78, 5) is 24.5. The highest BCUT2D eigenvalue weighted by molar-refractivity contribution is 7.98. The van der Waals surface area contributed by atoms with Gasteiger partial charge in [-0.15, -0.1) is 0 Å². The van der Waals surface area contributed by atoms with Crippen LogP contribution in [0.3, 0.4) is 0 Å². The summed E-state index contributed by atoms with van der Waals surface area (Å²) in [6.07, 6.45) is 7.14. The van der Waals surface area contributed by atoms with Crippen LogP contribution in [0, 0.1) is 0 Å². The molecule has 0 aliphatic heterocycles. The number of nitrogens with zero attached hydrogens (tertiary/aromatic N) is 1. The summed E-state index contributed by atoms with van der Waals surface area (Å²) < 4.78 is 6.12. The van der Waals surface area contributed by atoms with Crippen LogP contribution >= 0.6 is 24.4 Å². The molecule has 1 fully saturated rings. The summed E-state index contributed by atoms with van der Waals surface area (Å²) in [6, 6.07) is 12.3. The van der Waals surface area contributed by atoms with Crippen molar-refractivity contribution in [1.82, 2.24) is 4.98 Å². The zero-order valence-corrected chi connectivity index (χ0v) is 19.1. The van der Waals surface area contributed by atoms with Crippen LogP contribution in [0.2, 0.25) is 0 Å². The van der Waals surface area contributed by atoms with Gasteiger partial charge in [-0.3, -0.25) is 9.59 Å². The molecule has 1 heterocycles. The van der Waals surface area contributed by atoms with Gasteiger partial charge in [0.1, 0.15) is 6.10 Å². The number of pyridine rings is 1. The SMILES string of the molecule is O=C(O)CCS.O=C(O)CCSCc1ccc(-c2cccnc2OC2CCCC2)cc1. The minimum absolute atomic E-state index is 0.156. The van der Waals surface area contributed by atoms with Gasteiger partial charge in [0, 0.05) is 29.0 Å². The van der Waals surface area contributed by atoms with Gasteiger partial charge in [0.05, 0.1) is 12.8 Å². The fourth-order valence-corrected chi connectivity index (χ4v) is 4.18. The molecular formula is C23H29NO5S2. The topological polar surface area (TPSA) is 96.7 Å². The van der Waals surface area contributed by atoms with Gasteiger partial charge < -0.3 is 14.9 Å². The van der Waals surface area contributed by atoms with Crippen LogP contribution in [0.5, 0.6) is 5.88 Å². The van der Waals surface area contributed by atoms with Crippen molar-refractivity contribution < 1.29 is 24.5 Å². The van der Waals surface area contributed by atoms with E-state index in [0.717, 1.165) is 35.6 Å². The van der Waals surface area contributed by atoms with E-state index in [0.29, 0.717) is 17.6 Å². The Morgan fingerprint density at radius 3 is 2.32 bits per heavy atom. The van der Waals surface area contributed by atoms with E-state index in [1.54, 1.807) is 18.0 Å². The van der Waals surface area contributed by atoms with Crippen molar-refractivity contribution >= 4 is 36.3 Å². The van der Waals surface area contributed by atoms with Crippen molar-refractivity contribution in [3.63, 3.8) is 0 Å². The fraction of sp³-hybridized carbons (Fsp3) is 0.435. The molecule has 6 nitrogen and oxygen atoms in total. The summed E-state index contributed by atoms with van der Waals surface area (Å²) >= 11 is 5.32. The van der Waals surface area contributed by atoms with Gasteiger partial charge in [-0.25, -0.2) is 4.98 Å². The van der Waals surface area contributed by atoms with Gasteiger partial charge >= 0.3 is 11.9 Å². The van der Waals surface area contributed by atoms with Crippen LogP contribution in [0.25, 0.3) is 11.1 Å². The van der Waals surface area contributed by atoms with E-state index in [9.17, 15) is 9.59 Å². The standard InChI is InChI=1S/C20H23NO3S.C3H6O2S/c22-19(23)11-13-25-14-15-7-9-16(10-8-15)18-6-3-12-21-20(18)24-17-4-1-2-5-17;4-3(5)1-2-6/h3,6-10,12,17H,1-2,4-5,11,13-14H2,(H,22,23);6H,1-2H2,(H,4,5). The summed E-state index contributed by atoms with van der Waals surface area (Å²) in [5.74, 6) is 1.08. The molecule has 1 aromatic carbocycles. The van der Waals surface area contributed by atoms with Crippen molar-refractivity contribution in [3.05, 3.63) is 48.2 Å². The zero-order valence-electron chi connectivity index (χ0n) is 17.4. The maximum atomic E-state index is 10.5. The van der Waals surface area contributed by atoms with E-state index in [-0.39, 0.29) is 12.8 Å². The third-order valence-corrected chi connectivity index (χ3v) is 5.93. The molecular weight excluding hydrogens is 434 g/mol. The van der Waals surface area contributed by atoms with Crippen LogP contribution < -0.4 is 4.74 Å². The number of aliphatic carboxylic acids is 2. The summed E-state index contributed by atoms with van der Waals surface area (Å²) in [7, 11) is 0. The second-order valence-electron chi connectivity index (χ2n) is 7.14. The Labute approximate surface area is 192 Å². The number of hydrogen-bond donors (Lipinski definition) is 3. The molecule has 31 heavy (non-hydrogen) atoms. The lowest BCUT2D eigenvalue weighted by Crippen LogP contribution is -2.12. The van der Waals surface area contributed by atoms with Gasteiger partial charge in [-0.2, -0.15) is 24.4 Å². The van der Waals surface area contributed by atoms with Gasteiger partial charge in [0.2, 0.25) is 5.88 Å². The van der Waals surface area contributed by atoms with Crippen LogP contribution in [-0.2, 0) is 15.3 Å². The molecule has 0 spiro atoms. The number of carboxylic acids is 2. The zero-order chi connectivity index (χ0) is 22.5. The molecule has 1 saturated carbocycles. The molecule has 0 saturated heterocycles. The Bertz CT molecular complexity index is 823. The summed E-state index contributed by atoms with van der Waals surface area (Å²) in [5, 5.41) is 16.5. The largest absolute Gasteiger partial charge is 0.481 e. The molecule has 168 valence electrons. The minimum atomic E-state index is -0.787. The maximum Gasteiger partial charge on any atom is 0.304 e. The first-order valence-electron chi connectivity index (χ1n) is 10.3. The monoisotopic (exact) mass is 463 g/mol. The minimum Gasteiger partial charge on any atom is -0.481 e. The fourth-order valence-electron chi connectivity index (χ4n) is 3.09. The number of carboxylic acid groups (broad SMARTS) is 2. The molecule has 0 unspecified atom stereocenters. The van der Waals surface area contributed by atoms with Crippen molar-refractivity contribution in [3.8, 4) is 17.0 Å². The first-order valence-corrected chi connectivity index (χ1v) is 12.1. The quantitative estimate of drug-likeness (QED) is 0.330. The molecule has 1 aliphatic rings. The highest BCUT2D eigenvalue weighted by Gasteiger charge is 2.19. The van der Waals surface area contributed by atoms with Gasteiger partial charge in [0.25, 0.3) is 0 Å². The first kappa shape index (κ1) is 25.1. The molecule has 1 aromatic heterocycles. The van der Waals surface area contributed by atoms with Crippen molar-refractivity contribution in [1.29, 1.82) is 0 Å². The van der Waals surface area contributed by atoms with Gasteiger partial charge in [-0.1, -0.05) is 24.3 Å². The second kappa shape index (κ2) is 14.0. The Balaban J connectivity index is 0.000000501. The van der Waals surface area contributed by atoms with Crippen molar-refractivity contribution in [2.75, 3.05) is 11.5 Å². The molecule has 2 aromatic rings. The van der Waals surface area contributed by atoms with E-state index in [2.05, 4.69) is 41.9 Å².